The van der Waals surface area contributed by atoms with Crippen LogP contribution in [-0.4, -0.2) is 31.7 Å². The van der Waals surface area contributed by atoms with Gasteiger partial charge in [-0.3, -0.25) is 9.59 Å². The maximum Gasteiger partial charge on any atom is 0.283 e. The lowest BCUT2D eigenvalue weighted by Gasteiger charge is -2.09. The Kier molecular flexibility index (Phi) is 6.66. The number of nitrogens with two attached hydrogens (primary N) is 2. The van der Waals surface area contributed by atoms with Crippen LogP contribution >= 0.6 is 11.3 Å². The SMILES string of the molecule is COc1ccc(/C=N/NC(=O)c2sc(-c3ccccc3)cc2N)cc1OCC(N)=O. The number of hydrazone groups is 1. The van der Waals surface area contributed by atoms with E-state index >= 15 is 0 Å². The van der Waals surface area contributed by atoms with E-state index < -0.39 is 11.8 Å². The molecule has 8 nitrogen and oxygen atoms in total. The Labute approximate surface area is 177 Å². The Bertz CT molecular complexity index is 1080. The minimum atomic E-state index is -0.605. The molecule has 2 aromatic carbocycles. The molecule has 0 aliphatic rings. The lowest BCUT2D eigenvalue weighted by Crippen LogP contribution is -2.20. The highest BCUT2D eigenvalue weighted by atomic mass is 32.1. The second kappa shape index (κ2) is 9.57. The molecule has 0 atom stereocenters. The molecule has 0 saturated carbocycles. The molecule has 9 heteroatoms. The Morgan fingerprint density at radius 1 is 1.13 bits per heavy atom. The Balaban J connectivity index is 1.69. The first-order valence-electron chi connectivity index (χ1n) is 8.85. The van der Waals surface area contributed by atoms with Crippen molar-refractivity contribution in [2.45, 2.75) is 0 Å². The molecule has 0 bridgehead atoms. The summed E-state index contributed by atoms with van der Waals surface area (Å²) in [4.78, 5) is 24.7. The zero-order valence-corrected chi connectivity index (χ0v) is 16.9. The molecule has 2 amide bonds. The van der Waals surface area contributed by atoms with Crippen LogP contribution in [0.25, 0.3) is 10.4 Å². The number of rotatable bonds is 8. The van der Waals surface area contributed by atoms with Crippen molar-refractivity contribution in [1.82, 2.24) is 5.43 Å². The zero-order valence-electron chi connectivity index (χ0n) is 16.1. The van der Waals surface area contributed by atoms with E-state index in [2.05, 4.69) is 10.5 Å². The summed E-state index contributed by atoms with van der Waals surface area (Å²) < 4.78 is 10.5. The third-order valence-corrected chi connectivity index (χ3v) is 5.16. The molecule has 0 unspecified atom stereocenters. The normalized spacial score (nSPS) is 10.7. The highest BCUT2D eigenvalue weighted by molar-refractivity contribution is 7.18. The Hall–Kier alpha value is -3.85. The molecular formula is C21H20N4O4S. The number of benzene rings is 2. The van der Waals surface area contributed by atoms with Gasteiger partial charge in [-0.25, -0.2) is 5.43 Å². The summed E-state index contributed by atoms with van der Waals surface area (Å²) >= 11 is 1.29. The van der Waals surface area contributed by atoms with E-state index in [0.29, 0.717) is 27.6 Å². The number of nitrogen functional groups attached to an aromatic ring is 1. The zero-order chi connectivity index (χ0) is 21.5. The smallest absolute Gasteiger partial charge is 0.283 e. The van der Waals surface area contributed by atoms with Gasteiger partial charge in [0.15, 0.2) is 18.1 Å². The molecule has 3 aromatic rings. The largest absolute Gasteiger partial charge is 0.493 e. The first-order valence-corrected chi connectivity index (χ1v) is 9.67. The third kappa shape index (κ3) is 5.15. The number of primary amides is 1. The van der Waals surface area contributed by atoms with E-state index in [9.17, 15) is 9.59 Å². The van der Waals surface area contributed by atoms with Crippen molar-refractivity contribution in [1.29, 1.82) is 0 Å². The maximum absolute atomic E-state index is 12.5. The van der Waals surface area contributed by atoms with E-state index in [1.165, 1.54) is 24.7 Å². The number of ether oxygens (including phenoxy) is 2. The molecule has 0 spiro atoms. The van der Waals surface area contributed by atoms with Gasteiger partial charge < -0.3 is 20.9 Å². The van der Waals surface area contributed by atoms with Crippen LogP contribution in [-0.2, 0) is 4.79 Å². The van der Waals surface area contributed by atoms with Gasteiger partial charge in [0.05, 0.1) is 19.0 Å². The average molecular weight is 424 g/mol. The summed E-state index contributed by atoms with van der Waals surface area (Å²) in [6.45, 7) is -0.283. The van der Waals surface area contributed by atoms with Gasteiger partial charge in [-0.2, -0.15) is 5.10 Å². The molecule has 5 N–H and O–H groups in total. The van der Waals surface area contributed by atoms with Crippen molar-refractivity contribution in [3.05, 3.63) is 65.0 Å². The minimum Gasteiger partial charge on any atom is -0.493 e. The van der Waals surface area contributed by atoms with E-state index in [1.54, 1.807) is 24.3 Å². The molecule has 0 radical (unpaired) electrons. The molecule has 0 fully saturated rings. The van der Waals surface area contributed by atoms with E-state index in [0.717, 1.165) is 10.4 Å². The molecule has 1 aromatic heterocycles. The van der Waals surface area contributed by atoms with E-state index in [1.807, 2.05) is 30.3 Å². The topological polar surface area (TPSA) is 129 Å². The van der Waals surface area contributed by atoms with Crippen LogP contribution < -0.4 is 26.4 Å². The molecule has 154 valence electrons. The number of hydrogen-bond donors (Lipinski definition) is 3. The van der Waals surface area contributed by atoms with Crippen LogP contribution in [0.4, 0.5) is 5.69 Å². The van der Waals surface area contributed by atoms with Crippen LogP contribution in [0.2, 0.25) is 0 Å². The maximum atomic E-state index is 12.5. The molecule has 30 heavy (non-hydrogen) atoms. The second-order valence-electron chi connectivity index (χ2n) is 6.13. The van der Waals surface area contributed by atoms with Crippen LogP contribution in [0.1, 0.15) is 15.2 Å². The van der Waals surface area contributed by atoms with Gasteiger partial charge in [-0.05, 0) is 35.4 Å². The van der Waals surface area contributed by atoms with Gasteiger partial charge in [0.25, 0.3) is 11.8 Å². The van der Waals surface area contributed by atoms with Crippen molar-refractivity contribution in [2.24, 2.45) is 10.8 Å². The van der Waals surface area contributed by atoms with Crippen LogP contribution in [0.3, 0.4) is 0 Å². The fourth-order valence-corrected chi connectivity index (χ4v) is 3.55. The van der Waals surface area contributed by atoms with Crippen LogP contribution in [0.15, 0.2) is 59.7 Å². The van der Waals surface area contributed by atoms with Crippen molar-refractivity contribution >= 4 is 35.1 Å². The third-order valence-electron chi connectivity index (χ3n) is 3.96. The molecule has 0 aliphatic heterocycles. The number of nitrogens with one attached hydrogen (secondary N) is 1. The number of amides is 2. The minimum absolute atomic E-state index is 0.283. The molecule has 1 heterocycles. The van der Waals surface area contributed by atoms with Gasteiger partial charge in [-0.15, -0.1) is 11.3 Å². The first-order chi connectivity index (χ1) is 14.5. The quantitative estimate of drug-likeness (QED) is 0.378. The highest BCUT2D eigenvalue weighted by Gasteiger charge is 2.15. The predicted octanol–water partition coefficient (Wildman–Crippen LogP) is 2.63. The van der Waals surface area contributed by atoms with Gasteiger partial charge >= 0.3 is 0 Å². The second-order valence-corrected chi connectivity index (χ2v) is 7.18. The fraction of sp³-hybridized carbons (Fsp3) is 0.0952. The summed E-state index contributed by atoms with van der Waals surface area (Å²) in [5.74, 6) is -0.236. The van der Waals surface area contributed by atoms with E-state index in [4.69, 9.17) is 20.9 Å². The number of methoxy groups -OCH3 is 1. The van der Waals surface area contributed by atoms with Gasteiger partial charge in [0, 0.05) is 4.88 Å². The molecule has 0 saturated heterocycles. The van der Waals surface area contributed by atoms with Gasteiger partial charge in [-0.1, -0.05) is 30.3 Å². The number of hydrogen-bond acceptors (Lipinski definition) is 7. The fourth-order valence-electron chi connectivity index (χ4n) is 2.58. The van der Waals surface area contributed by atoms with Crippen molar-refractivity contribution in [2.75, 3.05) is 19.5 Å². The standard InChI is InChI=1S/C21H20N4O4S/c1-28-16-8-7-13(9-17(16)29-12-19(23)26)11-24-25-21(27)20-15(22)10-18(30-20)14-5-3-2-4-6-14/h2-11H,12,22H2,1H3,(H2,23,26)(H,25,27)/b24-11+. The Morgan fingerprint density at radius 3 is 2.60 bits per heavy atom. The molecule has 0 aliphatic carbocycles. The monoisotopic (exact) mass is 424 g/mol. The van der Waals surface area contributed by atoms with Crippen molar-refractivity contribution in [3.8, 4) is 21.9 Å². The lowest BCUT2D eigenvalue weighted by molar-refractivity contribution is -0.119. The predicted molar refractivity (Wildman–Crippen MR) is 117 cm³/mol. The molecule has 3 rings (SSSR count). The number of nitrogens with zero attached hydrogens (tertiary/aromatic N) is 1. The summed E-state index contributed by atoms with van der Waals surface area (Å²) in [5, 5.41) is 3.97. The average Bonchev–Trinajstić information content (AvgIpc) is 3.14. The van der Waals surface area contributed by atoms with Crippen molar-refractivity contribution in [3.63, 3.8) is 0 Å². The van der Waals surface area contributed by atoms with Gasteiger partial charge in [0.1, 0.15) is 4.88 Å². The van der Waals surface area contributed by atoms with Gasteiger partial charge in [0.2, 0.25) is 0 Å². The number of thiophene rings is 1. The summed E-state index contributed by atoms with van der Waals surface area (Å²) in [6.07, 6.45) is 1.44. The lowest BCUT2D eigenvalue weighted by atomic mass is 10.2. The number of anilines is 1. The van der Waals surface area contributed by atoms with Crippen molar-refractivity contribution < 1.29 is 19.1 Å². The summed E-state index contributed by atoms with van der Waals surface area (Å²) in [5.41, 5.74) is 15.6. The first kappa shape index (κ1) is 20.9. The van der Waals surface area contributed by atoms with E-state index in [-0.39, 0.29) is 6.61 Å². The molecular weight excluding hydrogens is 404 g/mol. The number of carbonyl (C=O) groups is 2. The summed E-state index contributed by atoms with van der Waals surface area (Å²) in [6, 6.07) is 16.4. The highest BCUT2D eigenvalue weighted by Crippen LogP contribution is 2.33. The number of carbonyl (C=O) groups excluding carboxylic acids is 2. The summed E-state index contributed by atoms with van der Waals surface area (Å²) in [7, 11) is 1.48. The van der Waals surface area contributed by atoms with Crippen LogP contribution in [0.5, 0.6) is 11.5 Å². The Morgan fingerprint density at radius 2 is 1.90 bits per heavy atom. The van der Waals surface area contributed by atoms with Crippen LogP contribution in [0, 0.1) is 0 Å².